The molecule has 128 valence electrons. The summed E-state index contributed by atoms with van der Waals surface area (Å²) in [5, 5.41) is 23.3. The number of rotatable bonds is 4. The van der Waals surface area contributed by atoms with Crippen LogP contribution in [0.15, 0.2) is 54.9 Å². The van der Waals surface area contributed by atoms with Crippen LogP contribution in [0, 0.1) is 0 Å². The van der Waals surface area contributed by atoms with E-state index in [4.69, 9.17) is 5.11 Å². The number of benzene rings is 2. The van der Waals surface area contributed by atoms with E-state index in [0.717, 1.165) is 16.7 Å². The number of aromatic amines is 1. The van der Waals surface area contributed by atoms with Crippen LogP contribution in [0.3, 0.4) is 0 Å². The fraction of sp³-hybridized carbons (Fsp3) is 0.0556. The van der Waals surface area contributed by atoms with Gasteiger partial charge in [0.05, 0.1) is 0 Å². The Labute approximate surface area is 148 Å². The van der Waals surface area contributed by atoms with Crippen LogP contribution in [0.2, 0.25) is 0 Å². The molecule has 0 aliphatic rings. The number of hydrogen-bond donors (Lipinski definition) is 2. The Morgan fingerprint density at radius 1 is 0.962 bits per heavy atom. The van der Waals surface area contributed by atoms with E-state index >= 15 is 0 Å². The molecule has 2 aromatic heterocycles. The van der Waals surface area contributed by atoms with Crippen molar-refractivity contribution in [1.82, 2.24) is 30.2 Å². The highest BCUT2D eigenvalue weighted by molar-refractivity contribution is 5.92. The molecule has 0 atom stereocenters. The molecule has 0 bridgehead atoms. The van der Waals surface area contributed by atoms with Crippen LogP contribution in [0.4, 0.5) is 0 Å². The molecule has 4 aromatic rings. The van der Waals surface area contributed by atoms with E-state index in [2.05, 4.69) is 25.5 Å². The molecule has 26 heavy (non-hydrogen) atoms. The van der Waals surface area contributed by atoms with Crippen LogP contribution in [0.5, 0.6) is 0 Å². The highest BCUT2D eigenvalue weighted by Gasteiger charge is 2.15. The maximum Gasteiger partial charge on any atom is 0.356 e. The molecule has 8 nitrogen and oxygen atoms in total. The third kappa shape index (κ3) is 2.84. The quantitative estimate of drug-likeness (QED) is 0.588. The van der Waals surface area contributed by atoms with Crippen molar-refractivity contribution in [3.63, 3.8) is 0 Å². The lowest BCUT2D eigenvalue weighted by atomic mass is 10.0. The van der Waals surface area contributed by atoms with E-state index in [-0.39, 0.29) is 5.69 Å². The summed E-state index contributed by atoms with van der Waals surface area (Å²) in [7, 11) is 1.83. The van der Waals surface area contributed by atoms with E-state index in [1.54, 1.807) is 11.0 Å². The molecule has 0 radical (unpaired) electrons. The largest absolute Gasteiger partial charge is 0.476 e. The second kappa shape index (κ2) is 6.25. The number of aryl methyl sites for hydroxylation is 1. The first-order valence-electron chi connectivity index (χ1n) is 7.83. The zero-order valence-electron chi connectivity index (χ0n) is 13.8. The van der Waals surface area contributed by atoms with Gasteiger partial charge in [0.15, 0.2) is 11.5 Å². The lowest BCUT2D eigenvalue weighted by Gasteiger charge is -2.04. The van der Waals surface area contributed by atoms with Crippen molar-refractivity contribution in [2.75, 3.05) is 0 Å². The summed E-state index contributed by atoms with van der Waals surface area (Å²) in [5.41, 5.74) is 3.98. The smallest absolute Gasteiger partial charge is 0.356 e. The molecule has 0 fully saturated rings. The van der Waals surface area contributed by atoms with Gasteiger partial charge in [0.25, 0.3) is 0 Å². The van der Waals surface area contributed by atoms with Gasteiger partial charge >= 0.3 is 5.97 Å². The summed E-state index contributed by atoms with van der Waals surface area (Å²) in [6.45, 7) is 0. The fourth-order valence-electron chi connectivity index (χ4n) is 2.68. The standard InChI is InChI=1S/C18H14N6O2/c1-24-10-19-17(22-24)14-8-4-12(5-9-14)11-2-6-13(7-3-11)15-16(18(25)26)21-23-20-15/h2-10H,1H3,(H,25,26)(H,20,21,23). The molecule has 0 spiro atoms. The third-order valence-corrected chi connectivity index (χ3v) is 4.00. The molecule has 4 rings (SSSR count). The average Bonchev–Trinajstić information content (AvgIpc) is 3.31. The topological polar surface area (TPSA) is 110 Å². The van der Waals surface area contributed by atoms with Crippen LogP contribution in [0.1, 0.15) is 10.5 Å². The molecule has 0 aliphatic carbocycles. The number of carboxylic acid groups (broad SMARTS) is 1. The van der Waals surface area contributed by atoms with E-state index in [1.807, 2.05) is 55.6 Å². The van der Waals surface area contributed by atoms with Gasteiger partial charge in [0, 0.05) is 18.2 Å². The first kappa shape index (κ1) is 15.7. The maximum atomic E-state index is 11.2. The van der Waals surface area contributed by atoms with E-state index < -0.39 is 5.97 Å². The molecular weight excluding hydrogens is 332 g/mol. The number of carboxylic acids is 1. The number of aromatic carboxylic acids is 1. The van der Waals surface area contributed by atoms with Crippen LogP contribution < -0.4 is 0 Å². The van der Waals surface area contributed by atoms with Gasteiger partial charge in [0.1, 0.15) is 12.0 Å². The lowest BCUT2D eigenvalue weighted by molar-refractivity contribution is 0.0691. The van der Waals surface area contributed by atoms with Gasteiger partial charge in [-0.2, -0.15) is 5.10 Å². The van der Waals surface area contributed by atoms with Crippen molar-refractivity contribution in [1.29, 1.82) is 0 Å². The summed E-state index contributed by atoms with van der Waals surface area (Å²) >= 11 is 0. The molecule has 0 saturated heterocycles. The Bertz CT molecular complexity index is 1060. The number of hydrogen-bond acceptors (Lipinski definition) is 5. The molecule has 0 amide bonds. The van der Waals surface area contributed by atoms with Crippen molar-refractivity contribution in [2.24, 2.45) is 7.05 Å². The number of nitrogens with zero attached hydrogens (tertiary/aromatic N) is 5. The molecule has 2 heterocycles. The summed E-state index contributed by atoms with van der Waals surface area (Å²) < 4.78 is 1.66. The predicted octanol–water partition coefficient (Wildman–Crippen LogP) is 2.63. The minimum absolute atomic E-state index is 0.0232. The average molecular weight is 346 g/mol. The zero-order chi connectivity index (χ0) is 18.1. The Hall–Kier alpha value is -3.81. The number of nitrogens with one attached hydrogen (secondary N) is 1. The minimum atomic E-state index is -1.09. The maximum absolute atomic E-state index is 11.2. The molecule has 2 aromatic carbocycles. The van der Waals surface area contributed by atoms with E-state index in [9.17, 15) is 4.79 Å². The first-order chi connectivity index (χ1) is 12.6. The number of H-pyrrole nitrogens is 1. The minimum Gasteiger partial charge on any atom is -0.476 e. The van der Waals surface area contributed by atoms with Crippen LogP contribution in [-0.2, 0) is 7.05 Å². The second-order valence-electron chi connectivity index (χ2n) is 5.74. The zero-order valence-corrected chi connectivity index (χ0v) is 13.8. The highest BCUT2D eigenvalue weighted by atomic mass is 16.4. The molecule has 8 heteroatoms. The van der Waals surface area contributed by atoms with Gasteiger partial charge in [-0.3, -0.25) is 9.78 Å². The van der Waals surface area contributed by atoms with Gasteiger partial charge < -0.3 is 5.11 Å². The Kier molecular flexibility index (Phi) is 3.77. The van der Waals surface area contributed by atoms with Crippen molar-refractivity contribution in [2.45, 2.75) is 0 Å². The van der Waals surface area contributed by atoms with Crippen molar-refractivity contribution in [3.8, 4) is 33.8 Å². The van der Waals surface area contributed by atoms with Gasteiger partial charge in [-0.25, -0.2) is 9.78 Å². The molecule has 0 unspecified atom stereocenters. The summed E-state index contributed by atoms with van der Waals surface area (Å²) in [6, 6.07) is 15.4. The van der Waals surface area contributed by atoms with E-state index in [0.29, 0.717) is 17.1 Å². The molecule has 0 saturated carbocycles. The van der Waals surface area contributed by atoms with Crippen molar-refractivity contribution < 1.29 is 9.90 Å². The third-order valence-electron chi connectivity index (χ3n) is 4.00. The van der Waals surface area contributed by atoms with Crippen LogP contribution >= 0.6 is 0 Å². The normalized spacial score (nSPS) is 10.8. The van der Waals surface area contributed by atoms with Gasteiger partial charge in [-0.05, 0) is 11.1 Å². The Morgan fingerprint density at radius 3 is 2.08 bits per heavy atom. The van der Waals surface area contributed by atoms with Gasteiger partial charge in [0.2, 0.25) is 0 Å². The highest BCUT2D eigenvalue weighted by Crippen LogP contribution is 2.26. The SMILES string of the molecule is Cn1cnc(-c2ccc(-c3ccc(-c4nn[nH]c4C(=O)O)cc3)cc2)n1. The molecule has 2 N–H and O–H groups in total. The second-order valence-corrected chi connectivity index (χ2v) is 5.74. The van der Waals surface area contributed by atoms with Crippen LogP contribution in [0.25, 0.3) is 33.8 Å². The molecule has 0 aliphatic heterocycles. The molecular formula is C18H14N6O2. The van der Waals surface area contributed by atoms with Crippen molar-refractivity contribution in [3.05, 3.63) is 60.6 Å². The Balaban J connectivity index is 1.61. The summed E-state index contributed by atoms with van der Waals surface area (Å²) in [5.74, 6) is -0.408. The van der Waals surface area contributed by atoms with Gasteiger partial charge in [-0.1, -0.05) is 53.7 Å². The first-order valence-corrected chi connectivity index (χ1v) is 7.83. The predicted molar refractivity (Wildman–Crippen MR) is 94.2 cm³/mol. The monoisotopic (exact) mass is 346 g/mol. The Morgan fingerprint density at radius 2 is 1.54 bits per heavy atom. The van der Waals surface area contributed by atoms with Crippen LogP contribution in [-0.4, -0.2) is 41.3 Å². The number of carbonyl (C=O) groups is 1. The fourth-order valence-corrected chi connectivity index (χ4v) is 2.68. The summed E-state index contributed by atoms with van der Waals surface area (Å²) in [6.07, 6.45) is 1.66. The van der Waals surface area contributed by atoms with Gasteiger partial charge in [-0.15, -0.1) is 5.10 Å². The number of aromatic nitrogens is 6. The van der Waals surface area contributed by atoms with Crippen molar-refractivity contribution >= 4 is 5.97 Å². The lowest BCUT2D eigenvalue weighted by Crippen LogP contribution is -1.99. The van der Waals surface area contributed by atoms with E-state index in [1.165, 1.54) is 0 Å². The summed E-state index contributed by atoms with van der Waals surface area (Å²) in [4.78, 5) is 15.4.